The predicted octanol–water partition coefficient (Wildman–Crippen LogP) is 2.78. The molecule has 0 saturated heterocycles. The Morgan fingerprint density at radius 3 is 2.19 bits per heavy atom. The van der Waals surface area contributed by atoms with Gasteiger partial charge >= 0.3 is 12.0 Å². The first-order chi connectivity index (χ1) is 17.3. The van der Waals surface area contributed by atoms with E-state index in [4.69, 9.17) is 4.74 Å². The second-order valence-corrected chi connectivity index (χ2v) is 8.16. The number of anilines is 2. The lowest BCUT2D eigenvalue weighted by Crippen LogP contribution is -2.49. The van der Waals surface area contributed by atoms with Crippen molar-refractivity contribution in [2.45, 2.75) is 26.8 Å². The molecule has 0 spiro atoms. The van der Waals surface area contributed by atoms with E-state index in [1.54, 1.807) is 31.2 Å². The Labute approximate surface area is 210 Å². The lowest BCUT2D eigenvalue weighted by atomic mass is 9.95. The number of benzene rings is 2. The summed E-state index contributed by atoms with van der Waals surface area (Å²) in [5.41, 5.74) is 2.64. The number of carbonyl (C=O) groups excluding carboxylic acids is 4. The molecule has 0 saturated carbocycles. The van der Waals surface area contributed by atoms with Crippen LogP contribution in [0.25, 0.3) is 0 Å². The number of urea groups is 1. The summed E-state index contributed by atoms with van der Waals surface area (Å²) in [5, 5.41) is 11.0. The molecule has 2 aromatic carbocycles. The third-order valence-electron chi connectivity index (χ3n) is 5.47. The maximum Gasteiger partial charge on any atom is 0.338 e. The van der Waals surface area contributed by atoms with Crippen LogP contribution in [0.1, 0.15) is 32.4 Å². The number of nitrogens with zero attached hydrogens (tertiary/aromatic N) is 1. The van der Waals surface area contributed by atoms with Crippen molar-refractivity contribution in [2.75, 3.05) is 36.9 Å². The lowest BCUT2D eigenvalue weighted by Gasteiger charge is -2.31. The van der Waals surface area contributed by atoms with E-state index < -0.39 is 18.0 Å². The molecule has 1 aliphatic rings. The number of hydrogen-bond acceptors (Lipinski definition) is 6. The molecule has 1 aliphatic heterocycles. The fraction of sp³-hybridized carbons (Fsp3) is 0.308. The number of esters is 1. The maximum absolute atomic E-state index is 12.9. The summed E-state index contributed by atoms with van der Waals surface area (Å²) in [6.45, 7) is 5.90. The Bertz CT molecular complexity index is 1130. The van der Waals surface area contributed by atoms with Crippen LogP contribution >= 0.6 is 0 Å². The third-order valence-corrected chi connectivity index (χ3v) is 5.47. The quantitative estimate of drug-likeness (QED) is 0.377. The van der Waals surface area contributed by atoms with Crippen molar-refractivity contribution < 1.29 is 23.9 Å². The molecule has 1 heterocycles. The van der Waals surface area contributed by atoms with Gasteiger partial charge in [-0.2, -0.15) is 0 Å². The van der Waals surface area contributed by atoms with Crippen molar-refractivity contribution in [1.82, 2.24) is 15.5 Å². The smallest absolute Gasteiger partial charge is 0.338 e. The molecule has 3 rings (SSSR count). The molecule has 1 atom stereocenters. The Balaban J connectivity index is 1.77. The molecular weight excluding hydrogens is 462 g/mol. The fourth-order valence-corrected chi connectivity index (χ4v) is 3.83. The van der Waals surface area contributed by atoms with Crippen LogP contribution in [-0.2, 0) is 19.1 Å². The number of carbonyl (C=O) groups is 4. The van der Waals surface area contributed by atoms with Gasteiger partial charge in [0.2, 0.25) is 11.8 Å². The van der Waals surface area contributed by atoms with E-state index in [0.29, 0.717) is 29.2 Å². The van der Waals surface area contributed by atoms with Crippen molar-refractivity contribution in [1.29, 1.82) is 0 Å². The maximum atomic E-state index is 12.9. The average Bonchev–Trinajstić information content (AvgIpc) is 2.84. The van der Waals surface area contributed by atoms with E-state index in [0.717, 1.165) is 5.56 Å². The summed E-state index contributed by atoms with van der Waals surface area (Å²) in [6, 6.07) is 14.8. The molecule has 0 bridgehead atoms. The van der Waals surface area contributed by atoms with Crippen LogP contribution in [0.15, 0.2) is 65.9 Å². The normalized spacial score (nSPS) is 15.1. The molecule has 4 N–H and O–H groups in total. The molecule has 1 unspecified atom stereocenters. The SMILES string of the molecule is CCOC(=O)C1=C(CN(CC)CC(=O)Nc2ccc(NC(C)=O)cc2)NC(=O)NC1c1ccccc1. The zero-order valence-electron chi connectivity index (χ0n) is 20.6. The van der Waals surface area contributed by atoms with Crippen LogP contribution in [0.5, 0.6) is 0 Å². The van der Waals surface area contributed by atoms with E-state index in [-0.39, 0.29) is 31.5 Å². The van der Waals surface area contributed by atoms with Crippen LogP contribution in [0.3, 0.4) is 0 Å². The molecular formula is C26H31N5O5. The largest absolute Gasteiger partial charge is 0.463 e. The minimum atomic E-state index is -0.677. The highest BCUT2D eigenvalue weighted by atomic mass is 16.5. The van der Waals surface area contributed by atoms with E-state index in [2.05, 4.69) is 21.3 Å². The minimum absolute atomic E-state index is 0.0306. The van der Waals surface area contributed by atoms with Gasteiger partial charge < -0.3 is 26.0 Å². The van der Waals surface area contributed by atoms with E-state index >= 15 is 0 Å². The second kappa shape index (κ2) is 12.5. The first kappa shape index (κ1) is 26.4. The number of likely N-dealkylation sites (N-methyl/N-ethyl adjacent to an activating group) is 1. The molecule has 4 amide bonds. The van der Waals surface area contributed by atoms with E-state index in [9.17, 15) is 19.2 Å². The van der Waals surface area contributed by atoms with E-state index in [1.807, 2.05) is 42.2 Å². The summed E-state index contributed by atoms with van der Waals surface area (Å²) in [5.74, 6) is -0.975. The summed E-state index contributed by atoms with van der Waals surface area (Å²) in [4.78, 5) is 51.1. The molecule has 0 fully saturated rings. The average molecular weight is 494 g/mol. The van der Waals surface area contributed by atoms with Gasteiger partial charge in [0, 0.05) is 30.5 Å². The zero-order chi connectivity index (χ0) is 26.1. The molecule has 0 radical (unpaired) electrons. The number of ether oxygens (including phenoxy) is 1. The van der Waals surface area contributed by atoms with Gasteiger partial charge in [-0.15, -0.1) is 0 Å². The standard InChI is InChI=1S/C26H31N5O5/c1-4-31(16-22(33)28-20-13-11-19(12-14-20)27-17(3)32)15-21-23(25(34)36-5-2)24(30-26(35)29-21)18-9-7-6-8-10-18/h6-14,24H,4-5,15-16H2,1-3H3,(H,27,32)(H,28,33)(H2,29,30,35). The van der Waals surface area contributed by atoms with Crippen LogP contribution in [0, 0.1) is 0 Å². The molecule has 10 nitrogen and oxygen atoms in total. The van der Waals surface area contributed by atoms with Gasteiger partial charge in [0.05, 0.1) is 24.8 Å². The van der Waals surface area contributed by atoms with Gasteiger partial charge in [-0.1, -0.05) is 37.3 Å². The van der Waals surface area contributed by atoms with Crippen molar-refractivity contribution in [2.24, 2.45) is 0 Å². The Hall–Kier alpha value is -4.18. The summed E-state index contributed by atoms with van der Waals surface area (Å²) in [6.07, 6.45) is 0. The number of nitrogens with one attached hydrogen (secondary N) is 4. The fourth-order valence-electron chi connectivity index (χ4n) is 3.83. The Kier molecular flexibility index (Phi) is 9.18. The highest BCUT2D eigenvalue weighted by Crippen LogP contribution is 2.28. The third kappa shape index (κ3) is 7.16. The topological polar surface area (TPSA) is 129 Å². The van der Waals surface area contributed by atoms with Crippen LogP contribution in [0.4, 0.5) is 16.2 Å². The highest BCUT2D eigenvalue weighted by molar-refractivity contribution is 5.96. The number of amides is 4. The minimum Gasteiger partial charge on any atom is -0.463 e. The van der Waals surface area contributed by atoms with Gasteiger partial charge in [-0.25, -0.2) is 9.59 Å². The Morgan fingerprint density at radius 2 is 1.61 bits per heavy atom. The van der Waals surface area contributed by atoms with Gasteiger partial charge in [0.15, 0.2) is 0 Å². The van der Waals surface area contributed by atoms with Crippen LogP contribution < -0.4 is 21.3 Å². The summed E-state index contributed by atoms with van der Waals surface area (Å²) < 4.78 is 5.30. The molecule has 190 valence electrons. The van der Waals surface area contributed by atoms with Gasteiger partial charge in [-0.3, -0.25) is 14.5 Å². The van der Waals surface area contributed by atoms with Crippen LogP contribution in [-0.4, -0.2) is 55.0 Å². The van der Waals surface area contributed by atoms with Crippen molar-refractivity contribution in [3.05, 3.63) is 71.4 Å². The monoisotopic (exact) mass is 493 g/mol. The lowest BCUT2D eigenvalue weighted by molar-refractivity contribution is -0.139. The van der Waals surface area contributed by atoms with Gasteiger partial charge in [-0.05, 0) is 43.3 Å². The van der Waals surface area contributed by atoms with E-state index in [1.165, 1.54) is 6.92 Å². The first-order valence-corrected chi connectivity index (χ1v) is 11.7. The zero-order valence-corrected chi connectivity index (χ0v) is 20.6. The molecule has 10 heteroatoms. The molecule has 0 aromatic heterocycles. The van der Waals surface area contributed by atoms with Crippen molar-refractivity contribution in [3.63, 3.8) is 0 Å². The molecule has 36 heavy (non-hydrogen) atoms. The second-order valence-electron chi connectivity index (χ2n) is 8.16. The van der Waals surface area contributed by atoms with Gasteiger partial charge in [0.25, 0.3) is 0 Å². The molecule has 0 aliphatic carbocycles. The number of rotatable bonds is 10. The number of hydrogen-bond donors (Lipinski definition) is 4. The van der Waals surface area contributed by atoms with Crippen molar-refractivity contribution in [3.8, 4) is 0 Å². The molecule has 2 aromatic rings. The highest BCUT2D eigenvalue weighted by Gasteiger charge is 2.34. The Morgan fingerprint density at radius 1 is 0.972 bits per heavy atom. The van der Waals surface area contributed by atoms with Crippen LogP contribution in [0.2, 0.25) is 0 Å². The van der Waals surface area contributed by atoms with Gasteiger partial charge in [0.1, 0.15) is 0 Å². The summed E-state index contributed by atoms with van der Waals surface area (Å²) in [7, 11) is 0. The predicted molar refractivity (Wildman–Crippen MR) is 136 cm³/mol. The first-order valence-electron chi connectivity index (χ1n) is 11.7. The van der Waals surface area contributed by atoms with Crippen molar-refractivity contribution >= 4 is 35.2 Å². The summed E-state index contributed by atoms with van der Waals surface area (Å²) >= 11 is 0.